The van der Waals surface area contributed by atoms with Crippen LogP contribution in [0.3, 0.4) is 0 Å². The third-order valence-corrected chi connectivity index (χ3v) is 1.91. The van der Waals surface area contributed by atoms with Crippen LogP contribution in [0.25, 0.3) is 0 Å². The van der Waals surface area contributed by atoms with Crippen LogP contribution in [0.4, 0.5) is 13.2 Å². The van der Waals surface area contributed by atoms with Crippen molar-refractivity contribution in [2.45, 2.75) is 19.8 Å². The minimum atomic E-state index is -3.12. The molecule has 1 N–H and O–H groups in total. The topological polar surface area (TPSA) is 59.4 Å². The zero-order valence-corrected chi connectivity index (χ0v) is 8.91. The number of halogens is 3. The predicted molar refractivity (Wildman–Crippen MR) is 51.2 cm³/mol. The van der Waals surface area contributed by atoms with Crippen LogP contribution in [0.2, 0.25) is 0 Å². The molecule has 0 aliphatic heterocycles. The predicted octanol–water partition coefficient (Wildman–Crippen LogP) is 1.97. The lowest BCUT2D eigenvalue weighted by Gasteiger charge is -2.08. The number of nitrogens with zero attached hydrogens (tertiary/aromatic N) is 1. The molecule has 0 atom stereocenters. The summed E-state index contributed by atoms with van der Waals surface area (Å²) in [5.74, 6) is -2.81. The van der Waals surface area contributed by atoms with Crippen LogP contribution in [-0.2, 0) is 16.0 Å². The van der Waals surface area contributed by atoms with Gasteiger partial charge >= 0.3 is 5.97 Å². The largest absolute Gasteiger partial charge is 0.505 e. The van der Waals surface area contributed by atoms with Gasteiger partial charge in [-0.3, -0.25) is 4.79 Å². The SMILES string of the molecule is CCOC(=O)Cc1cc(F)nc(C(F)F)c1O. The van der Waals surface area contributed by atoms with Crippen LogP contribution in [0.5, 0.6) is 5.75 Å². The van der Waals surface area contributed by atoms with E-state index in [4.69, 9.17) is 0 Å². The molecule has 0 saturated heterocycles. The zero-order valence-electron chi connectivity index (χ0n) is 8.91. The quantitative estimate of drug-likeness (QED) is 0.654. The number of ether oxygens (including phenoxy) is 1. The first-order chi connectivity index (χ1) is 7.95. The molecule has 0 aromatic carbocycles. The lowest BCUT2D eigenvalue weighted by atomic mass is 10.1. The fourth-order valence-electron chi connectivity index (χ4n) is 1.23. The number of carbonyl (C=O) groups is 1. The molecule has 1 heterocycles. The summed E-state index contributed by atoms with van der Waals surface area (Å²) < 4.78 is 42.2. The number of hydrogen-bond acceptors (Lipinski definition) is 4. The molecule has 0 unspecified atom stereocenters. The van der Waals surface area contributed by atoms with Crippen molar-refractivity contribution < 1.29 is 27.8 Å². The Bertz CT molecular complexity index is 424. The summed E-state index contributed by atoms with van der Waals surface area (Å²) in [5, 5.41) is 9.38. The molecule has 1 aromatic rings. The normalized spacial score (nSPS) is 10.6. The molecule has 4 nitrogen and oxygen atoms in total. The maximum atomic E-state index is 12.9. The maximum absolute atomic E-state index is 12.9. The highest BCUT2D eigenvalue weighted by Gasteiger charge is 2.21. The molecule has 1 aromatic heterocycles. The van der Waals surface area contributed by atoms with Crippen molar-refractivity contribution in [1.29, 1.82) is 0 Å². The highest BCUT2D eigenvalue weighted by Crippen LogP contribution is 2.30. The number of alkyl halides is 2. The number of carbonyl (C=O) groups excluding carboxylic acids is 1. The number of rotatable bonds is 4. The van der Waals surface area contributed by atoms with E-state index in [1.165, 1.54) is 0 Å². The van der Waals surface area contributed by atoms with E-state index in [1.807, 2.05) is 0 Å². The number of esters is 1. The maximum Gasteiger partial charge on any atom is 0.310 e. The van der Waals surface area contributed by atoms with Gasteiger partial charge in [0.1, 0.15) is 5.75 Å². The smallest absolute Gasteiger partial charge is 0.310 e. The van der Waals surface area contributed by atoms with Gasteiger partial charge < -0.3 is 9.84 Å². The highest BCUT2D eigenvalue weighted by atomic mass is 19.3. The van der Waals surface area contributed by atoms with E-state index in [0.29, 0.717) is 0 Å². The van der Waals surface area contributed by atoms with Crippen LogP contribution in [0.15, 0.2) is 6.07 Å². The lowest BCUT2D eigenvalue weighted by Crippen LogP contribution is -2.09. The molecule has 1 rings (SSSR count). The number of pyridine rings is 1. The molecule has 0 amide bonds. The van der Waals surface area contributed by atoms with Gasteiger partial charge in [-0.2, -0.15) is 4.39 Å². The first-order valence-electron chi connectivity index (χ1n) is 4.77. The molecule has 0 aliphatic carbocycles. The van der Waals surface area contributed by atoms with Crippen molar-refractivity contribution in [2.75, 3.05) is 6.61 Å². The van der Waals surface area contributed by atoms with Gasteiger partial charge in [-0.25, -0.2) is 13.8 Å². The van der Waals surface area contributed by atoms with Crippen LogP contribution in [0, 0.1) is 5.95 Å². The Labute approximate surface area is 95.0 Å². The van der Waals surface area contributed by atoms with E-state index in [9.17, 15) is 23.1 Å². The molecule has 94 valence electrons. The lowest BCUT2D eigenvalue weighted by molar-refractivity contribution is -0.142. The Hall–Kier alpha value is -1.79. The summed E-state index contributed by atoms with van der Waals surface area (Å²) in [6.45, 7) is 1.67. The van der Waals surface area contributed by atoms with Crippen molar-refractivity contribution in [3.8, 4) is 5.75 Å². The molecular formula is C10H10F3NO3. The van der Waals surface area contributed by atoms with Crippen LogP contribution in [0.1, 0.15) is 24.6 Å². The molecule has 0 radical (unpaired) electrons. The summed E-state index contributed by atoms with van der Waals surface area (Å²) in [4.78, 5) is 14.0. The Morgan fingerprint density at radius 2 is 2.24 bits per heavy atom. The number of hydrogen-bond donors (Lipinski definition) is 1. The third-order valence-electron chi connectivity index (χ3n) is 1.91. The Balaban J connectivity index is 3.03. The summed E-state index contributed by atoms with van der Waals surface area (Å²) in [5.41, 5.74) is -1.35. The van der Waals surface area contributed by atoms with Gasteiger partial charge in [-0.15, -0.1) is 0 Å². The van der Waals surface area contributed by atoms with Crippen molar-refractivity contribution >= 4 is 5.97 Å². The minimum Gasteiger partial charge on any atom is -0.505 e. The zero-order chi connectivity index (χ0) is 13.0. The van der Waals surface area contributed by atoms with E-state index in [1.54, 1.807) is 6.92 Å². The molecule has 7 heteroatoms. The van der Waals surface area contributed by atoms with Crippen LogP contribution >= 0.6 is 0 Å². The first-order valence-corrected chi connectivity index (χ1v) is 4.77. The van der Waals surface area contributed by atoms with E-state index in [0.717, 1.165) is 6.07 Å². The van der Waals surface area contributed by atoms with Gasteiger partial charge in [-0.1, -0.05) is 0 Å². The standard InChI is InChI=1S/C10H10F3NO3/c1-2-17-7(15)4-5-3-6(11)14-8(9(5)16)10(12)13/h3,10,16H,2,4H2,1H3. The monoisotopic (exact) mass is 249 g/mol. The summed E-state index contributed by atoms with van der Waals surface area (Å²) in [6, 6.07) is 0.720. The second kappa shape index (κ2) is 5.51. The van der Waals surface area contributed by atoms with Gasteiger partial charge in [0.25, 0.3) is 6.43 Å². The summed E-state index contributed by atoms with van der Waals surface area (Å²) in [6.07, 6.45) is -3.61. The van der Waals surface area contributed by atoms with Crippen molar-refractivity contribution in [3.05, 3.63) is 23.3 Å². The van der Waals surface area contributed by atoms with Crippen molar-refractivity contribution in [1.82, 2.24) is 4.98 Å². The fraction of sp³-hybridized carbons (Fsp3) is 0.400. The molecule has 0 aliphatic rings. The minimum absolute atomic E-state index is 0.106. The van der Waals surface area contributed by atoms with Gasteiger partial charge in [0, 0.05) is 11.6 Å². The molecular weight excluding hydrogens is 239 g/mol. The Kier molecular flexibility index (Phi) is 4.30. The highest BCUT2D eigenvalue weighted by molar-refractivity contribution is 5.73. The first kappa shape index (κ1) is 13.3. The van der Waals surface area contributed by atoms with Crippen LogP contribution < -0.4 is 0 Å². The van der Waals surface area contributed by atoms with Crippen molar-refractivity contribution in [2.24, 2.45) is 0 Å². The average molecular weight is 249 g/mol. The average Bonchev–Trinajstić information content (AvgIpc) is 2.22. The molecule has 0 saturated carbocycles. The van der Waals surface area contributed by atoms with E-state index < -0.39 is 36.2 Å². The van der Waals surface area contributed by atoms with Gasteiger partial charge in [-0.05, 0) is 6.92 Å². The van der Waals surface area contributed by atoms with E-state index >= 15 is 0 Å². The van der Waals surface area contributed by atoms with Gasteiger partial charge in [0.2, 0.25) is 5.95 Å². The molecule has 0 bridgehead atoms. The molecule has 0 fully saturated rings. The second-order valence-electron chi connectivity index (χ2n) is 3.12. The van der Waals surface area contributed by atoms with Gasteiger partial charge in [0.05, 0.1) is 13.0 Å². The second-order valence-corrected chi connectivity index (χ2v) is 3.12. The van der Waals surface area contributed by atoms with Crippen LogP contribution in [-0.4, -0.2) is 22.7 Å². The molecule has 0 spiro atoms. The summed E-state index contributed by atoms with van der Waals surface area (Å²) >= 11 is 0. The van der Waals surface area contributed by atoms with Crippen molar-refractivity contribution in [3.63, 3.8) is 0 Å². The number of aromatic hydroxyl groups is 1. The Morgan fingerprint density at radius 3 is 2.76 bits per heavy atom. The third kappa shape index (κ3) is 3.33. The molecule has 17 heavy (non-hydrogen) atoms. The Morgan fingerprint density at radius 1 is 1.59 bits per heavy atom. The number of aromatic nitrogens is 1. The van der Waals surface area contributed by atoms with Gasteiger partial charge in [0.15, 0.2) is 5.69 Å². The fourth-order valence-corrected chi connectivity index (χ4v) is 1.23. The van der Waals surface area contributed by atoms with E-state index in [2.05, 4.69) is 9.72 Å². The van der Waals surface area contributed by atoms with E-state index in [-0.39, 0.29) is 12.2 Å². The summed E-state index contributed by atoms with van der Waals surface area (Å²) in [7, 11) is 0.